The first-order chi connectivity index (χ1) is 8.63. The van der Waals surface area contributed by atoms with Crippen LogP contribution in [0.1, 0.15) is 10.4 Å². The maximum Gasteiger partial charge on any atom is 0.258 e. The lowest BCUT2D eigenvalue weighted by Crippen LogP contribution is -2.50. The highest BCUT2D eigenvalue weighted by atomic mass is 79.9. The Labute approximate surface area is 113 Å². The monoisotopic (exact) mass is 315 g/mol. The predicted molar refractivity (Wildman–Crippen MR) is 68.5 cm³/mol. The summed E-state index contributed by atoms with van der Waals surface area (Å²) in [6, 6.07) is 4.34. The van der Waals surface area contributed by atoms with Gasteiger partial charge < -0.3 is 19.8 Å². The van der Waals surface area contributed by atoms with E-state index in [0.717, 1.165) is 4.47 Å². The Morgan fingerprint density at radius 1 is 1.56 bits per heavy atom. The number of amides is 1. The number of hydrogen-bond acceptors (Lipinski definition) is 4. The maximum atomic E-state index is 12.3. The van der Waals surface area contributed by atoms with Crippen LogP contribution in [0.15, 0.2) is 22.7 Å². The Morgan fingerprint density at radius 3 is 3.06 bits per heavy atom. The molecule has 2 N–H and O–H groups in total. The standard InChI is InChI=1S/C12H14BrNO4/c13-8-1-2-11(16)10(5-8)12(17)14-3-4-18-7-9(14)6-15/h1-2,5,9,15-16H,3-4,6-7H2. The minimum atomic E-state index is -0.357. The number of ether oxygens (including phenoxy) is 1. The largest absolute Gasteiger partial charge is 0.507 e. The average Bonchev–Trinajstić information content (AvgIpc) is 2.40. The van der Waals surface area contributed by atoms with E-state index in [1.807, 2.05) is 0 Å². The first kappa shape index (κ1) is 13.3. The number of carbonyl (C=O) groups excluding carboxylic acids is 1. The summed E-state index contributed by atoms with van der Waals surface area (Å²) in [5.74, 6) is -0.359. The van der Waals surface area contributed by atoms with E-state index < -0.39 is 0 Å². The van der Waals surface area contributed by atoms with Crippen molar-refractivity contribution in [1.29, 1.82) is 0 Å². The van der Waals surface area contributed by atoms with Crippen molar-refractivity contribution in [3.05, 3.63) is 28.2 Å². The van der Waals surface area contributed by atoms with Crippen molar-refractivity contribution in [3.63, 3.8) is 0 Å². The molecule has 0 spiro atoms. The molecule has 1 aromatic rings. The van der Waals surface area contributed by atoms with Crippen molar-refractivity contribution >= 4 is 21.8 Å². The molecule has 6 heteroatoms. The highest BCUT2D eigenvalue weighted by Crippen LogP contribution is 2.24. The maximum absolute atomic E-state index is 12.3. The van der Waals surface area contributed by atoms with E-state index in [1.165, 1.54) is 11.0 Å². The summed E-state index contributed by atoms with van der Waals surface area (Å²) < 4.78 is 5.94. The lowest BCUT2D eigenvalue weighted by Gasteiger charge is -2.34. The number of halogens is 1. The molecule has 0 aliphatic carbocycles. The number of phenols is 1. The van der Waals surface area contributed by atoms with Crippen LogP contribution >= 0.6 is 15.9 Å². The van der Waals surface area contributed by atoms with E-state index in [2.05, 4.69) is 15.9 Å². The molecule has 1 atom stereocenters. The average molecular weight is 316 g/mol. The van der Waals surface area contributed by atoms with Gasteiger partial charge in [0.15, 0.2) is 0 Å². The lowest BCUT2D eigenvalue weighted by atomic mass is 10.1. The molecule has 0 saturated carbocycles. The van der Waals surface area contributed by atoms with Crippen LogP contribution in [0.2, 0.25) is 0 Å². The fraction of sp³-hybridized carbons (Fsp3) is 0.417. The molecular weight excluding hydrogens is 302 g/mol. The van der Waals surface area contributed by atoms with Gasteiger partial charge in [0.2, 0.25) is 0 Å². The third-order valence-corrected chi connectivity index (χ3v) is 3.38. The molecule has 1 saturated heterocycles. The van der Waals surface area contributed by atoms with Gasteiger partial charge in [-0.15, -0.1) is 0 Å². The quantitative estimate of drug-likeness (QED) is 0.854. The molecule has 0 aromatic heterocycles. The van der Waals surface area contributed by atoms with Gasteiger partial charge in [0.25, 0.3) is 5.91 Å². The van der Waals surface area contributed by atoms with Gasteiger partial charge in [0.1, 0.15) is 5.75 Å². The zero-order valence-corrected chi connectivity index (χ0v) is 11.3. The van der Waals surface area contributed by atoms with E-state index in [-0.39, 0.29) is 29.9 Å². The van der Waals surface area contributed by atoms with Crippen LogP contribution in [-0.4, -0.2) is 53.4 Å². The molecule has 1 heterocycles. The van der Waals surface area contributed by atoms with Gasteiger partial charge in [-0.05, 0) is 18.2 Å². The van der Waals surface area contributed by atoms with E-state index >= 15 is 0 Å². The molecule has 18 heavy (non-hydrogen) atoms. The number of morpholine rings is 1. The number of benzene rings is 1. The third-order valence-electron chi connectivity index (χ3n) is 2.89. The second kappa shape index (κ2) is 5.69. The van der Waals surface area contributed by atoms with E-state index in [1.54, 1.807) is 12.1 Å². The molecule has 2 rings (SSSR count). The molecule has 1 aliphatic rings. The van der Waals surface area contributed by atoms with Crippen molar-refractivity contribution < 1.29 is 19.7 Å². The Bertz CT molecular complexity index is 452. The van der Waals surface area contributed by atoms with Gasteiger partial charge in [-0.1, -0.05) is 15.9 Å². The molecule has 1 fully saturated rings. The second-order valence-corrected chi connectivity index (χ2v) is 4.99. The van der Waals surface area contributed by atoms with E-state index in [4.69, 9.17) is 4.74 Å². The number of aliphatic hydroxyl groups excluding tert-OH is 1. The fourth-order valence-electron chi connectivity index (χ4n) is 1.91. The second-order valence-electron chi connectivity index (χ2n) is 4.07. The van der Waals surface area contributed by atoms with Crippen LogP contribution in [0, 0.1) is 0 Å². The van der Waals surface area contributed by atoms with Crippen LogP contribution in [0.5, 0.6) is 5.75 Å². The molecular formula is C12H14BrNO4. The Morgan fingerprint density at radius 2 is 2.33 bits per heavy atom. The summed E-state index contributed by atoms with van der Waals surface area (Å²) in [6.45, 7) is 1.02. The number of aromatic hydroxyl groups is 1. The number of hydrogen-bond donors (Lipinski definition) is 2. The number of phenolic OH excluding ortho intramolecular Hbond substituents is 1. The van der Waals surface area contributed by atoms with Crippen LogP contribution in [0.25, 0.3) is 0 Å². The van der Waals surface area contributed by atoms with Crippen molar-refractivity contribution in [3.8, 4) is 5.75 Å². The smallest absolute Gasteiger partial charge is 0.258 e. The Kier molecular flexibility index (Phi) is 4.21. The summed E-state index contributed by atoms with van der Waals surface area (Å²) in [5, 5.41) is 19.0. The zero-order chi connectivity index (χ0) is 13.1. The Balaban J connectivity index is 2.26. The van der Waals surface area contributed by atoms with Crippen LogP contribution in [-0.2, 0) is 4.74 Å². The lowest BCUT2D eigenvalue weighted by molar-refractivity contribution is -0.0185. The zero-order valence-electron chi connectivity index (χ0n) is 9.67. The summed E-state index contributed by atoms with van der Waals surface area (Å²) in [6.07, 6.45) is 0. The first-order valence-corrected chi connectivity index (χ1v) is 6.41. The summed E-state index contributed by atoms with van der Waals surface area (Å²) in [7, 11) is 0. The van der Waals surface area contributed by atoms with E-state index in [9.17, 15) is 15.0 Å². The van der Waals surface area contributed by atoms with Crippen molar-refractivity contribution in [2.45, 2.75) is 6.04 Å². The van der Waals surface area contributed by atoms with Gasteiger partial charge in [0, 0.05) is 11.0 Å². The number of carbonyl (C=O) groups is 1. The molecule has 1 aliphatic heterocycles. The topological polar surface area (TPSA) is 70.0 Å². The molecule has 5 nitrogen and oxygen atoms in total. The van der Waals surface area contributed by atoms with Gasteiger partial charge in [0.05, 0.1) is 31.4 Å². The van der Waals surface area contributed by atoms with Gasteiger partial charge >= 0.3 is 0 Å². The van der Waals surface area contributed by atoms with Gasteiger partial charge in [-0.2, -0.15) is 0 Å². The van der Waals surface area contributed by atoms with Gasteiger partial charge in [-0.3, -0.25) is 4.79 Å². The molecule has 98 valence electrons. The molecule has 0 bridgehead atoms. The van der Waals surface area contributed by atoms with Crippen molar-refractivity contribution in [1.82, 2.24) is 4.90 Å². The van der Waals surface area contributed by atoms with Crippen LogP contribution in [0.3, 0.4) is 0 Å². The Hall–Kier alpha value is -1.11. The van der Waals surface area contributed by atoms with Crippen LogP contribution in [0.4, 0.5) is 0 Å². The third kappa shape index (κ3) is 2.66. The number of rotatable bonds is 2. The summed E-state index contributed by atoms with van der Waals surface area (Å²) >= 11 is 3.26. The summed E-state index contributed by atoms with van der Waals surface area (Å²) in [4.78, 5) is 13.9. The molecule has 1 aromatic carbocycles. The SMILES string of the molecule is O=C(c1cc(Br)ccc1O)N1CCOCC1CO. The normalized spacial score (nSPS) is 19.9. The number of nitrogens with zero attached hydrogens (tertiary/aromatic N) is 1. The van der Waals surface area contributed by atoms with Crippen molar-refractivity contribution in [2.75, 3.05) is 26.4 Å². The fourth-order valence-corrected chi connectivity index (χ4v) is 2.27. The molecule has 1 unspecified atom stereocenters. The van der Waals surface area contributed by atoms with Gasteiger partial charge in [-0.25, -0.2) is 0 Å². The minimum Gasteiger partial charge on any atom is -0.507 e. The highest BCUT2D eigenvalue weighted by molar-refractivity contribution is 9.10. The summed E-state index contributed by atoms with van der Waals surface area (Å²) in [5.41, 5.74) is 0.227. The predicted octanol–water partition coefficient (Wildman–Crippen LogP) is 0.988. The highest BCUT2D eigenvalue weighted by Gasteiger charge is 2.28. The molecule has 1 amide bonds. The minimum absolute atomic E-state index is 0.0635. The molecule has 0 radical (unpaired) electrons. The van der Waals surface area contributed by atoms with Crippen LogP contribution < -0.4 is 0 Å². The van der Waals surface area contributed by atoms with E-state index in [0.29, 0.717) is 19.8 Å². The number of aliphatic hydroxyl groups is 1. The first-order valence-electron chi connectivity index (χ1n) is 5.61. The van der Waals surface area contributed by atoms with Crippen molar-refractivity contribution in [2.24, 2.45) is 0 Å².